The Labute approximate surface area is 171 Å². The first-order valence-electron chi connectivity index (χ1n) is 6.89. The molecule has 0 saturated heterocycles. The maximum Gasteiger partial charge on any atom is 0.253 e. The molecule has 0 aromatic heterocycles. The third kappa shape index (κ3) is 4.58. The highest BCUT2D eigenvalue weighted by Crippen LogP contribution is 2.33. The highest BCUT2D eigenvalue weighted by molar-refractivity contribution is 14.1. The van der Waals surface area contributed by atoms with Gasteiger partial charge in [0.15, 0.2) is 0 Å². The van der Waals surface area contributed by atoms with E-state index in [1.807, 2.05) is 13.8 Å². The van der Waals surface area contributed by atoms with Crippen LogP contribution in [0.2, 0.25) is 0 Å². The highest BCUT2D eigenvalue weighted by Gasteiger charge is 2.26. The van der Waals surface area contributed by atoms with Crippen molar-refractivity contribution in [2.75, 3.05) is 18.8 Å². The van der Waals surface area contributed by atoms with Crippen LogP contribution in [0.25, 0.3) is 0 Å². The van der Waals surface area contributed by atoms with Gasteiger partial charge in [-0.15, -0.1) is 0 Å². The lowest BCUT2D eigenvalue weighted by Gasteiger charge is -2.17. The van der Waals surface area contributed by atoms with Crippen molar-refractivity contribution in [1.82, 2.24) is 10.6 Å². The summed E-state index contributed by atoms with van der Waals surface area (Å²) in [4.78, 5) is 24.8. The fourth-order valence-corrected chi connectivity index (χ4v) is 5.88. The quantitative estimate of drug-likeness (QED) is 0.330. The van der Waals surface area contributed by atoms with Gasteiger partial charge < -0.3 is 16.4 Å². The molecule has 8 heteroatoms. The SMILES string of the molecule is CCCNC(=O)c1c(I)c(N)c(I)c(C(=O)NCCC)c1I. The Balaban J connectivity index is 3.37. The molecule has 1 rings (SSSR count). The molecule has 22 heavy (non-hydrogen) atoms. The van der Waals surface area contributed by atoms with Gasteiger partial charge in [0.05, 0.1) is 24.0 Å². The van der Waals surface area contributed by atoms with Crippen molar-refractivity contribution in [1.29, 1.82) is 0 Å². The Morgan fingerprint density at radius 2 is 1.23 bits per heavy atom. The largest absolute Gasteiger partial charge is 0.397 e. The van der Waals surface area contributed by atoms with Gasteiger partial charge in [0.2, 0.25) is 0 Å². The van der Waals surface area contributed by atoms with Gasteiger partial charge in [-0.25, -0.2) is 0 Å². The Hall–Kier alpha value is 0.150. The summed E-state index contributed by atoms with van der Waals surface area (Å²) in [5.74, 6) is -0.383. The molecule has 1 aromatic carbocycles. The van der Waals surface area contributed by atoms with Gasteiger partial charge in [-0.3, -0.25) is 9.59 Å². The van der Waals surface area contributed by atoms with Crippen LogP contribution >= 0.6 is 67.8 Å². The molecule has 122 valence electrons. The molecule has 0 fully saturated rings. The predicted molar refractivity (Wildman–Crippen MR) is 114 cm³/mol. The summed E-state index contributed by atoms with van der Waals surface area (Å²) in [6.07, 6.45) is 1.70. The number of hydrogen-bond donors (Lipinski definition) is 3. The first-order chi connectivity index (χ1) is 10.4. The minimum absolute atomic E-state index is 0.191. The molecule has 0 saturated carbocycles. The normalized spacial score (nSPS) is 10.4. The lowest BCUT2D eigenvalue weighted by molar-refractivity contribution is 0.0951. The molecule has 0 spiro atoms. The van der Waals surface area contributed by atoms with Crippen LogP contribution in [-0.4, -0.2) is 24.9 Å². The molecule has 0 aliphatic rings. The van der Waals surface area contributed by atoms with Crippen LogP contribution in [0.3, 0.4) is 0 Å². The second-order valence-corrected chi connectivity index (χ2v) is 7.85. The molecular formula is C14H18I3N3O2. The van der Waals surface area contributed by atoms with Crippen LogP contribution in [0.15, 0.2) is 0 Å². The Morgan fingerprint density at radius 1 is 0.864 bits per heavy atom. The number of hydrogen-bond acceptors (Lipinski definition) is 3. The number of carbonyl (C=O) groups excluding carboxylic acids is 2. The van der Waals surface area contributed by atoms with Gasteiger partial charge in [0.25, 0.3) is 11.8 Å². The maximum atomic E-state index is 12.4. The Bertz CT molecular complexity index is 544. The van der Waals surface area contributed by atoms with E-state index < -0.39 is 0 Å². The zero-order chi connectivity index (χ0) is 16.9. The van der Waals surface area contributed by atoms with Gasteiger partial charge in [0.1, 0.15) is 0 Å². The first-order valence-corrected chi connectivity index (χ1v) is 10.1. The average Bonchev–Trinajstić information content (AvgIpc) is 2.48. The number of amides is 2. The summed E-state index contributed by atoms with van der Waals surface area (Å²) in [7, 11) is 0. The van der Waals surface area contributed by atoms with Crippen LogP contribution in [-0.2, 0) is 0 Å². The molecule has 0 aliphatic heterocycles. The van der Waals surface area contributed by atoms with E-state index >= 15 is 0 Å². The molecule has 0 aliphatic carbocycles. The van der Waals surface area contributed by atoms with E-state index in [0.29, 0.717) is 40.6 Å². The molecule has 2 amide bonds. The fraction of sp³-hybridized carbons (Fsp3) is 0.429. The summed E-state index contributed by atoms with van der Waals surface area (Å²) in [6.45, 7) is 5.16. The van der Waals surface area contributed by atoms with Crippen molar-refractivity contribution in [3.05, 3.63) is 21.8 Å². The van der Waals surface area contributed by atoms with Gasteiger partial charge in [-0.05, 0) is 80.6 Å². The van der Waals surface area contributed by atoms with Crippen molar-refractivity contribution in [2.45, 2.75) is 26.7 Å². The second-order valence-electron chi connectivity index (χ2n) is 4.62. The topological polar surface area (TPSA) is 84.2 Å². The van der Waals surface area contributed by atoms with E-state index in [2.05, 4.69) is 78.4 Å². The maximum absolute atomic E-state index is 12.4. The lowest BCUT2D eigenvalue weighted by Crippen LogP contribution is -2.30. The van der Waals surface area contributed by atoms with Crippen LogP contribution in [0.4, 0.5) is 5.69 Å². The van der Waals surface area contributed by atoms with Gasteiger partial charge in [-0.2, -0.15) is 0 Å². The number of rotatable bonds is 6. The lowest BCUT2D eigenvalue weighted by atomic mass is 10.1. The van der Waals surface area contributed by atoms with E-state index in [-0.39, 0.29) is 11.8 Å². The molecule has 0 heterocycles. The van der Waals surface area contributed by atoms with E-state index in [4.69, 9.17) is 5.73 Å². The zero-order valence-corrected chi connectivity index (χ0v) is 18.8. The van der Waals surface area contributed by atoms with Crippen LogP contribution < -0.4 is 16.4 Å². The number of nitrogens with one attached hydrogen (secondary N) is 2. The molecular weight excluding hydrogens is 623 g/mol. The summed E-state index contributed by atoms with van der Waals surface area (Å²) in [5.41, 5.74) is 7.55. The van der Waals surface area contributed by atoms with Crippen molar-refractivity contribution in [3.8, 4) is 0 Å². The van der Waals surface area contributed by atoms with Crippen molar-refractivity contribution in [3.63, 3.8) is 0 Å². The number of halogens is 3. The summed E-state index contributed by atoms with van der Waals surface area (Å²) in [5, 5.41) is 5.70. The van der Waals surface area contributed by atoms with E-state index in [0.717, 1.165) is 12.8 Å². The molecule has 4 N–H and O–H groups in total. The zero-order valence-electron chi connectivity index (χ0n) is 12.4. The third-order valence-electron chi connectivity index (χ3n) is 2.88. The van der Waals surface area contributed by atoms with E-state index in [1.54, 1.807) is 0 Å². The number of nitrogens with two attached hydrogens (primary N) is 1. The average molecular weight is 641 g/mol. The van der Waals surface area contributed by atoms with Crippen LogP contribution in [0, 0.1) is 10.7 Å². The van der Waals surface area contributed by atoms with E-state index in [9.17, 15) is 9.59 Å². The minimum Gasteiger partial charge on any atom is -0.397 e. The van der Waals surface area contributed by atoms with Crippen molar-refractivity contribution in [2.24, 2.45) is 0 Å². The van der Waals surface area contributed by atoms with Gasteiger partial charge >= 0.3 is 0 Å². The second kappa shape index (κ2) is 9.45. The molecule has 0 atom stereocenters. The standard InChI is InChI=1S/C14H18I3N3O2/c1-3-5-19-13(21)7-9(15)8(14(22)20-6-4-2)11(17)12(18)10(7)16/h3-6,18H2,1-2H3,(H,19,21)(H,20,22). The fourth-order valence-electron chi connectivity index (χ4n) is 1.74. The summed E-state index contributed by atoms with van der Waals surface area (Å²) in [6, 6.07) is 0. The monoisotopic (exact) mass is 641 g/mol. The van der Waals surface area contributed by atoms with Crippen LogP contribution in [0.1, 0.15) is 47.4 Å². The van der Waals surface area contributed by atoms with Gasteiger partial charge in [-0.1, -0.05) is 13.8 Å². The molecule has 0 bridgehead atoms. The Kier molecular flexibility index (Phi) is 8.67. The van der Waals surface area contributed by atoms with Crippen molar-refractivity contribution < 1.29 is 9.59 Å². The highest BCUT2D eigenvalue weighted by atomic mass is 127. The summed E-state index contributed by atoms with van der Waals surface area (Å²) >= 11 is 6.19. The summed E-state index contributed by atoms with van der Waals surface area (Å²) < 4.78 is 2.02. The molecule has 1 aromatic rings. The van der Waals surface area contributed by atoms with Gasteiger partial charge in [0, 0.05) is 16.7 Å². The molecule has 0 radical (unpaired) electrons. The van der Waals surface area contributed by atoms with Crippen molar-refractivity contribution >= 4 is 85.3 Å². The predicted octanol–water partition coefficient (Wildman–Crippen LogP) is 3.36. The molecule has 5 nitrogen and oxygen atoms in total. The third-order valence-corrected chi connectivity index (χ3v) is 6.20. The minimum atomic E-state index is -0.191. The number of carbonyl (C=O) groups is 2. The smallest absolute Gasteiger partial charge is 0.253 e. The molecule has 0 unspecified atom stereocenters. The number of anilines is 1. The van der Waals surface area contributed by atoms with E-state index in [1.165, 1.54) is 0 Å². The number of benzene rings is 1. The van der Waals surface area contributed by atoms with Crippen LogP contribution in [0.5, 0.6) is 0 Å². The Morgan fingerprint density at radius 3 is 1.55 bits per heavy atom. The number of nitrogen functional groups attached to an aromatic ring is 1. The first kappa shape index (κ1) is 20.2.